The number of hydrogen-bond donors (Lipinski definition) is 0. The lowest BCUT2D eigenvalue weighted by Crippen LogP contribution is -2.40. The molecule has 0 heterocycles. The van der Waals surface area contributed by atoms with E-state index in [1.807, 2.05) is 24.3 Å². The van der Waals surface area contributed by atoms with Gasteiger partial charge in [-0.05, 0) is 47.9 Å². The molecule has 0 N–H and O–H groups in total. The summed E-state index contributed by atoms with van der Waals surface area (Å²) in [4.78, 5) is 0. The Labute approximate surface area is 163 Å². The van der Waals surface area contributed by atoms with E-state index < -0.39 is 0 Å². The molecular weight excluding hydrogens is 338 g/mol. The smallest absolute Gasteiger partial charge is 0.161 e. The van der Waals surface area contributed by atoms with Crippen molar-refractivity contribution in [2.75, 3.05) is 48.5 Å². The predicted octanol–water partition coefficient (Wildman–Crippen LogP) is 4.52. The number of rotatable bonds is 9. The van der Waals surface area contributed by atoms with E-state index >= 15 is 0 Å². The standard InChI is InChI=1S/C23H32NO3/c1-7-24(2,3)15-14-20-17-23(27-6)22(26-5)16-19(20)11-8-18-9-12-21(25-4)13-10-18/h8-13,16-17H,7,14-15H2,1-6H3/q+1/b11-8-. The molecule has 146 valence electrons. The lowest BCUT2D eigenvalue weighted by Gasteiger charge is -2.28. The maximum atomic E-state index is 5.51. The fourth-order valence-electron chi connectivity index (χ4n) is 2.79. The van der Waals surface area contributed by atoms with Gasteiger partial charge < -0.3 is 18.7 Å². The molecule has 0 aliphatic rings. The monoisotopic (exact) mass is 370 g/mol. The Hall–Kier alpha value is -2.46. The Balaban J connectivity index is 2.34. The van der Waals surface area contributed by atoms with Crippen LogP contribution >= 0.6 is 0 Å². The van der Waals surface area contributed by atoms with E-state index in [1.54, 1.807) is 21.3 Å². The molecule has 2 aromatic rings. The molecule has 0 spiro atoms. The fourth-order valence-corrected chi connectivity index (χ4v) is 2.79. The van der Waals surface area contributed by atoms with Gasteiger partial charge in [0, 0.05) is 6.42 Å². The third-order valence-corrected chi connectivity index (χ3v) is 5.06. The first-order valence-electron chi connectivity index (χ1n) is 9.31. The van der Waals surface area contributed by atoms with Crippen LogP contribution in [0.4, 0.5) is 0 Å². The average Bonchev–Trinajstić information content (AvgIpc) is 2.70. The lowest BCUT2D eigenvalue weighted by atomic mass is 10.0. The van der Waals surface area contributed by atoms with Crippen LogP contribution < -0.4 is 14.2 Å². The van der Waals surface area contributed by atoms with Crippen LogP contribution in [0.25, 0.3) is 12.2 Å². The summed E-state index contributed by atoms with van der Waals surface area (Å²) in [6.07, 6.45) is 5.23. The number of ether oxygens (including phenoxy) is 3. The van der Waals surface area contributed by atoms with Crippen LogP contribution in [0.15, 0.2) is 36.4 Å². The first-order chi connectivity index (χ1) is 12.9. The summed E-state index contributed by atoms with van der Waals surface area (Å²) < 4.78 is 17.2. The van der Waals surface area contributed by atoms with Crippen molar-refractivity contribution in [2.45, 2.75) is 13.3 Å². The number of hydrogen-bond acceptors (Lipinski definition) is 3. The molecule has 0 radical (unpaired) electrons. The third-order valence-electron chi connectivity index (χ3n) is 5.06. The highest BCUT2D eigenvalue weighted by atomic mass is 16.5. The zero-order valence-electron chi connectivity index (χ0n) is 17.4. The first-order valence-corrected chi connectivity index (χ1v) is 9.31. The second kappa shape index (κ2) is 9.47. The van der Waals surface area contributed by atoms with E-state index in [-0.39, 0.29) is 0 Å². The summed E-state index contributed by atoms with van der Waals surface area (Å²) in [7, 11) is 9.55. The van der Waals surface area contributed by atoms with Crippen molar-refractivity contribution >= 4 is 12.2 Å². The van der Waals surface area contributed by atoms with Gasteiger partial charge in [0.1, 0.15) is 5.75 Å². The first kappa shape index (κ1) is 20.8. The van der Waals surface area contributed by atoms with Gasteiger partial charge >= 0.3 is 0 Å². The van der Waals surface area contributed by atoms with Crippen LogP contribution in [0.2, 0.25) is 0 Å². The van der Waals surface area contributed by atoms with Gasteiger partial charge in [-0.3, -0.25) is 0 Å². The van der Waals surface area contributed by atoms with E-state index in [4.69, 9.17) is 14.2 Å². The zero-order valence-corrected chi connectivity index (χ0v) is 17.4. The van der Waals surface area contributed by atoms with Crippen LogP contribution in [0.3, 0.4) is 0 Å². The summed E-state index contributed by atoms with van der Waals surface area (Å²) in [6.45, 7) is 4.39. The maximum absolute atomic E-state index is 5.51. The van der Waals surface area contributed by atoms with Gasteiger partial charge in [-0.2, -0.15) is 0 Å². The molecule has 4 heteroatoms. The predicted molar refractivity (Wildman–Crippen MR) is 113 cm³/mol. The molecule has 0 saturated heterocycles. The molecule has 0 aromatic heterocycles. The molecule has 2 rings (SSSR count). The van der Waals surface area contributed by atoms with Crippen LogP contribution in [-0.4, -0.2) is 53.0 Å². The Morgan fingerprint density at radius 3 is 2.04 bits per heavy atom. The lowest BCUT2D eigenvalue weighted by molar-refractivity contribution is -0.888. The SMILES string of the molecule is CC[N+](C)(C)CCc1cc(OC)c(OC)cc1/C=C\c1ccc(OC)cc1. The van der Waals surface area contributed by atoms with Crippen LogP contribution in [0, 0.1) is 0 Å². The largest absolute Gasteiger partial charge is 0.497 e. The summed E-state index contributed by atoms with van der Waals surface area (Å²) in [5, 5.41) is 0. The second-order valence-electron chi connectivity index (χ2n) is 7.24. The van der Waals surface area contributed by atoms with E-state index in [2.05, 4.69) is 45.3 Å². The van der Waals surface area contributed by atoms with E-state index in [0.29, 0.717) is 0 Å². The number of benzene rings is 2. The Kier molecular flexibility index (Phi) is 7.31. The van der Waals surface area contributed by atoms with Crippen molar-refractivity contribution in [1.82, 2.24) is 0 Å². The van der Waals surface area contributed by atoms with Crippen molar-refractivity contribution in [3.8, 4) is 17.2 Å². The minimum atomic E-state index is 0.750. The van der Waals surface area contributed by atoms with Crippen molar-refractivity contribution in [1.29, 1.82) is 0 Å². The molecule has 0 aliphatic carbocycles. The summed E-state index contributed by atoms with van der Waals surface area (Å²) in [5.41, 5.74) is 3.54. The molecule has 0 amide bonds. The summed E-state index contributed by atoms with van der Waals surface area (Å²) in [5.74, 6) is 2.38. The van der Waals surface area contributed by atoms with Gasteiger partial charge in [0.2, 0.25) is 0 Å². The van der Waals surface area contributed by atoms with Gasteiger partial charge in [-0.25, -0.2) is 0 Å². The van der Waals surface area contributed by atoms with Crippen molar-refractivity contribution in [2.24, 2.45) is 0 Å². The highest BCUT2D eigenvalue weighted by molar-refractivity contribution is 5.73. The highest BCUT2D eigenvalue weighted by Gasteiger charge is 2.15. The van der Waals surface area contributed by atoms with Crippen molar-refractivity contribution in [3.63, 3.8) is 0 Å². The van der Waals surface area contributed by atoms with Gasteiger partial charge in [0.25, 0.3) is 0 Å². The van der Waals surface area contributed by atoms with Gasteiger partial charge in [-0.15, -0.1) is 0 Å². The minimum Gasteiger partial charge on any atom is -0.497 e. The average molecular weight is 371 g/mol. The normalized spacial score (nSPS) is 11.6. The Bertz CT molecular complexity index is 764. The maximum Gasteiger partial charge on any atom is 0.161 e. The van der Waals surface area contributed by atoms with Gasteiger partial charge in [-0.1, -0.05) is 24.3 Å². The number of quaternary nitrogens is 1. The highest BCUT2D eigenvalue weighted by Crippen LogP contribution is 2.32. The summed E-state index contributed by atoms with van der Waals surface area (Å²) >= 11 is 0. The second-order valence-corrected chi connectivity index (χ2v) is 7.24. The third kappa shape index (κ3) is 5.76. The Morgan fingerprint density at radius 2 is 1.48 bits per heavy atom. The Morgan fingerprint density at radius 1 is 0.852 bits per heavy atom. The number of likely N-dealkylation sites (N-methyl/N-ethyl adjacent to an activating group) is 1. The molecular formula is C23H32NO3+. The molecule has 0 saturated carbocycles. The fraction of sp³-hybridized carbons (Fsp3) is 0.391. The molecule has 0 bridgehead atoms. The quantitative estimate of drug-likeness (QED) is 0.480. The molecule has 0 aliphatic heterocycles. The molecule has 0 atom stereocenters. The molecule has 4 nitrogen and oxygen atoms in total. The summed E-state index contributed by atoms with van der Waals surface area (Å²) in [6, 6.07) is 12.2. The van der Waals surface area contributed by atoms with E-state index in [1.165, 1.54) is 5.56 Å². The molecule has 0 fully saturated rings. The van der Waals surface area contributed by atoms with Crippen LogP contribution in [-0.2, 0) is 6.42 Å². The number of methoxy groups -OCH3 is 3. The topological polar surface area (TPSA) is 27.7 Å². The van der Waals surface area contributed by atoms with Crippen LogP contribution in [0.5, 0.6) is 17.2 Å². The van der Waals surface area contributed by atoms with Crippen molar-refractivity contribution in [3.05, 3.63) is 53.1 Å². The number of nitrogens with zero attached hydrogens (tertiary/aromatic N) is 1. The molecule has 27 heavy (non-hydrogen) atoms. The minimum absolute atomic E-state index is 0.750. The molecule has 0 unspecified atom stereocenters. The van der Waals surface area contributed by atoms with Crippen LogP contribution in [0.1, 0.15) is 23.6 Å². The van der Waals surface area contributed by atoms with E-state index in [9.17, 15) is 0 Å². The molecule has 2 aromatic carbocycles. The van der Waals surface area contributed by atoms with E-state index in [0.717, 1.165) is 52.4 Å². The van der Waals surface area contributed by atoms with Gasteiger partial charge in [0.15, 0.2) is 11.5 Å². The van der Waals surface area contributed by atoms with Gasteiger partial charge in [0.05, 0.1) is 48.5 Å². The zero-order chi connectivity index (χ0) is 19.9. The van der Waals surface area contributed by atoms with Crippen molar-refractivity contribution < 1.29 is 18.7 Å².